The third-order valence-electron chi connectivity index (χ3n) is 6.83. The first kappa shape index (κ1) is 21.7. The first-order chi connectivity index (χ1) is 15.0. The van der Waals surface area contributed by atoms with Crippen molar-refractivity contribution < 1.29 is 19.4 Å². The van der Waals surface area contributed by atoms with Crippen LogP contribution in [0.15, 0.2) is 48.5 Å². The molecular formula is C25H32N2O4. The van der Waals surface area contributed by atoms with Gasteiger partial charge in [0.15, 0.2) is 0 Å². The molecule has 0 radical (unpaired) electrons. The summed E-state index contributed by atoms with van der Waals surface area (Å²) in [7, 11) is 3.31. The van der Waals surface area contributed by atoms with Gasteiger partial charge in [-0.1, -0.05) is 31.0 Å². The summed E-state index contributed by atoms with van der Waals surface area (Å²) in [6.45, 7) is 0.909. The van der Waals surface area contributed by atoms with Gasteiger partial charge in [-0.05, 0) is 49.6 Å². The molecule has 6 heteroatoms. The molecule has 166 valence electrons. The number of nitrogens with one attached hydrogen (secondary N) is 1. The van der Waals surface area contributed by atoms with Crippen molar-refractivity contribution in [3.05, 3.63) is 54.1 Å². The zero-order valence-corrected chi connectivity index (χ0v) is 18.3. The van der Waals surface area contributed by atoms with Gasteiger partial charge in [0.05, 0.1) is 26.4 Å². The number of nitrogens with zero attached hydrogens (tertiary/aromatic N) is 1. The predicted molar refractivity (Wildman–Crippen MR) is 120 cm³/mol. The highest BCUT2D eigenvalue weighted by Gasteiger charge is 2.49. The van der Waals surface area contributed by atoms with Crippen LogP contribution in [0.25, 0.3) is 0 Å². The molecule has 2 fully saturated rings. The fourth-order valence-corrected chi connectivity index (χ4v) is 5.31. The smallest absolute Gasteiger partial charge is 0.238 e. The summed E-state index contributed by atoms with van der Waals surface area (Å²) < 4.78 is 11.2. The van der Waals surface area contributed by atoms with E-state index in [1.54, 1.807) is 14.2 Å². The van der Waals surface area contributed by atoms with E-state index < -0.39 is 5.60 Å². The lowest BCUT2D eigenvalue weighted by Crippen LogP contribution is -2.56. The number of fused-ring (bicyclic) bond motifs is 1. The SMILES string of the molecule is COc1ccc(OC)c([C@H]2[C@@H]3CCCC[C@]3(O)CCN2CC(=O)Nc2ccccc2)c1. The van der Waals surface area contributed by atoms with E-state index in [9.17, 15) is 9.90 Å². The lowest BCUT2D eigenvalue weighted by Gasteiger charge is -2.52. The van der Waals surface area contributed by atoms with E-state index in [0.29, 0.717) is 13.0 Å². The summed E-state index contributed by atoms with van der Waals surface area (Å²) >= 11 is 0. The van der Waals surface area contributed by atoms with Crippen molar-refractivity contribution in [3.8, 4) is 11.5 Å². The Morgan fingerprint density at radius 1 is 1.13 bits per heavy atom. The van der Waals surface area contributed by atoms with E-state index in [1.165, 1.54) is 0 Å². The number of piperidine rings is 1. The predicted octanol–water partition coefficient (Wildman–Crippen LogP) is 4.01. The minimum Gasteiger partial charge on any atom is -0.497 e. The number of carbonyl (C=O) groups excluding carboxylic acids is 1. The molecule has 0 aromatic heterocycles. The molecule has 1 amide bonds. The Morgan fingerprint density at radius 3 is 2.68 bits per heavy atom. The van der Waals surface area contributed by atoms with Crippen molar-refractivity contribution in [1.82, 2.24) is 4.90 Å². The summed E-state index contributed by atoms with van der Waals surface area (Å²) in [5, 5.41) is 14.5. The number of aliphatic hydroxyl groups is 1. The topological polar surface area (TPSA) is 71.0 Å². The third kappa shape index (κ3) is 4.55. The molecule has 2 aromatic carbocycles. The fraction of sp³-hybridized carbons (Fsp3) is 0.480. The molecule has 31 heavy (non-hydrogen) atoms. The minimum absolute atomic E-state index is 0.0422. The van der Waals surface area contributed by atoms with Crippen LogP contribution in [0.4, 0.5) is 5.69 Å². The van der Waals surface area contributed by atoms with Crippen molar-refractivity contribution in [3.63, 3.8) is 0 Å². The van der Waals surface area contributed by atoms with E-state index in [-0.39, 0.29) is 24.4 Å². The number of methoxy groups -OCH3 is 2. The zero-order chi connectivity index (χ0) is 21.8. The number of hydrogen-bond acceptors (Lipinski definition) is 5. The Hall–Kier alpha value is -2.57. The Labute approximate surface area is 184 Å². The Morgan fingerprint density at radius 2 is 1.94 bits per heavy atom. The van der Waals surface area contributed by atoms with Crippen LogP contribution in [0.2, 0.25) is 0 Å². The summed E-state index contributed by atoms with van der Waals surface area (Å²) in [4.78, 5) is 15.1. The van der Waals surface area contributed by atoms with Gasteiger partial charge in [-0.25, -0.2) is 0 Å². The lowest BCUT2D eigenvalue weighted by atomic mass is 9.66. The number of ether oxygens (including phenoxy) is 2. The monoisotopic (exact) mass is 424 g/mol. The molecule has 6 nitrogen and oxygen atoms in total. The average Bonchev–Trinajstić information content (AvgIpc) is 2.79. The summed E-state index contributed by atoms with van der Waals surface area (Å²) in [6, 6.07) is 15.2. The number of amides is 1. The Bertz CT molecular complexity index is 904. The van der Waals surface area contributed by atoms with Crippen LogP contribution in [-0.2, 0) is 4.79 Å². The van der Waals surface area contributed by atoms with Gasteiger partial charge in [-0.2, -0.15) is 0 Å². The molecule has 2 aliphatic rings. The molecule has 0 unspecified atom stereocenters. The van der Waals surface area contributed by atoms with Gasteiger partial charge in [0.1, 0.15) is 11.5 Å². The van der Waals surface area contributed by atoms with Crippen molar-refractivity contribution in [1.29, 1.82) is 0 Å². The van der Waals surface area contributed by atoms with Crippen molar-refractivity contribution in [2.24, 2.45) is 5.92 Å². The molecule has 2 aromatic rings. The standard InChI is InChI=1S/C25H32N2O4/c1-30-19-11-12-22(31-2)20(16-19)24-21-10-6-7-13-25(21,29)14-15-27(24)17-23(28)26-18-8-4-3-5-9-18/h3-5,8-9,11-12,16,21,24,29H,6-7,10,13-15,17H2,1-2H3,(H,26,28)/t21-,24-,25-/m0/s1. The minimum atomic E-state index is -0.705. The second-order valence-corrected chi connectivity index (χ2v) is 8.64. The zero-order valence-electron chi connectivity index (χ0n) is 18.3. The second-order valence-electron chi connectivity index (χ2n) is 8.64. The number of anilines is 1. The maximum Gasteiger partial charge on any atom is 0.238 e. The van der Waals surface area contributed by atoms with Crippen LogP contribution >= 0.6 is 0 Å². The van der Waals surface area contributed by atoms with Gasteiger partial charge < -0.3 is 19.9 Å². The van der Waals surface area contributed by atoms with Crippen LogP contribution < -0.4 is 14.8 Å². The Kier molecular flexibility index (Phi) is 6.49. The van der Waals surface area contributed by atoms with Crippen LogP contribution in [0.3, 0.4) is 0 Å². The average molecular weight is 425 g/mol. The maximum absolute atomic E-state index is 12.9. The molecule has 3 atom stereocenters. The van der Waals surface area contributed by atoms with Gasteiger partial charge >= 0.3 is 0 Å². The van der Waals surface area contributed by atoms with E-state index in [4.69, 9.17) is 9.47 Å². The fourth-order valence-electron chi connectivity index (χ4n) is 5.31. The third-order valence-corrected chi connectivity index (χ3v) is 6.83. The number of hydrogen-bond donors (Lipinski definition) is 2. The van der Waals surface area contributed by atoms with Gasteiger partial charge in [0, 0.05) is 29.8 Å². The Balaban J connectivity index is 1.66. The summed E-state index contributed by atoms with van der Waals surface area (Å²) in [6.07, 6.45) is 4.55. The normalized spacial score (nSPS) is 26.0. The summed E-state index contributed by atoms with van der Waals surface area (Å²) in [5.74, 6) is 1.49. The highest BCUT2D eigenvalue weighted by Crippen LogP contribution is 2.51. The van der Waals surface area contributed by atoms with E-state index in [1.807, 2.05) is 48.5 Å². The first-order valence-electron chi connectivity index (χ1n) is 11.1. The quantitative estimate of drug-likeness (QED) is 0.733. The largest absolute Gasteiger partial charge is 0.497 e. The van der Waals surface area contributed by atoms with Crippen LogP contribution in [0.1, 0.15) is 43.7 Å². The van der Waals surface area contributed by atoms with Crippen molar-refractivity contribution >= 4 is 11.6 Å². The second kappa shape index (κ2) is 9.28. The van der Waals surface area contributed by atoms with Gasteiger partial charge in [0.2, 0.25) is 5.91 Å². The molecule has 1 aliphatic carbocycles. The molecule has 0 bridgehead atoms. The highest BCUT2D eigenvalue weighted by atomic mass is 16.5. The molecule has 2 N–H and O–H groups in total. The van der Waals surface area contributed by atoms with E-state index >= 15 is 0 Å². The number of rotatable bonds is 6. The first-order valence-corrected chi connectivity index (χ1v) is 11.1. The summed E-state index contributed by atoms with van der Waals surface area (Å²) in [5.41, 5.74) is 1.05. The van der Waals surface area contributed by atoms with Crippen molar-refractivity contribution in [2.45, 2.75) is 43.7 Å². The number of likely N-dealkylation sites (tertiary alicyclic amines) is 1. The molecular weight excluding hydrogens is 392 g/mol. The molecule has 1 aliphatic heterocycles. The molecule has 1 saturated heterocycles. The molecule has 1 saturated carbocycles. The van der Waals surface area contributed by atoms with Gasteiger partial charge in [-0.15, -0.1) is 0 Å². The maximum atomic E-state index is 12.9. The van der Waals surface area contributed by atoms with Crippen LogP contribution in [0, 0.1) is 5.92 Å². The van der Waals surface area contributed by atoms with E-state index in [0.717, 1.165) is 48.4 Å². The van der Waals surface area contributed by atoms with Crippen LogP contribution in [0.5, 0.6) is 11.5 Å². The van der Waals surface area contributed by atoms with Crippen LogP contribution in [-0.4, -0.2) is 48.8 Å². The highest BCUT2D eigenvalue weighted by molar-refractivity contribution is 5.92. The van der Waals surface area contributed by atoms with Gasteiger partial charge in [0.25, 0.3) is 0 Å². The lowest BCUT2D eigenvalue weighted by molar-refractivity contribution is -0.135. The molecule has 4 rings (SSSR count). The van der Waals surface area contributed by atoms with Crippen molar-refractivity contribution in [2.75, 3.05) is 32.6 Å². The number of benzene rings is 2. The molecule has 0 spiro atoms. The van der Waals surface area contributed by atoms with E-state index in [2.05, 4.69) is 10.2 Å². The number of para-hydroxylation sites is 1. The van der Waals surface area contributed by atoms with Gasteiger partial charge in [-0.3, -0.25) is 9.69 Å². The molecule has 1 heterocycles. The number of carbonyl (C=O) groups is 1.